The van der Waals surface area contributed by atoms with E-state index in [1.807, 2.05) is 13.8 Å². The van der Waals surface area contributed by atoms with Crippen LogP contribution in [0.4, 0.5) is 0 Å². The Kier molecular flexibility index (Phi) is 10.5. The highest BCUT2D eigenvalue weighted by Crippen LogP contribution is 2.25. The summed E-state index contributed by atoms with van der Waals surface area (Å²) in [6.45, 7) is 12.5. The van der Waals surface area contributed by atoms with Gasteiger partial charge in [-0.1, -0.05) is 57.7 Å². The Bertz CT molecular complexity index is 367. The maximum absolute atomic E-state index is 2.18. The zero-order valence-electron chi connectivity index (χ0n) is 11.5. The van der Waals surface area contributed by atoms with Gasteiger partial charge in [0.05, 0.1) is 0 Å². The lowest BCUT2D eigenvalue weighted by atomic mass is 9.95. The van der Waals surface area contributed by atoms with E-state index in [9.17, 15) is 0 Å². The van der Waals surface area contributed by atoms with E-state index in [0.717, 1.165) is 0 Å². The number of allylic oxidation sites excluding steroid dienone is 4. The van der Waals surface area contributed by atoms with Crippen LogP contribution in [-0.2, 0) is 0 Å². The lowest BCUT2D eigenvalue weighted by molar-refractivity contribution is 1.38. The molecule has 0 nitrogen and oxygen atoms in total. The van der Waals surface area contributed by atoms with Crippen molar-refractivity contribution in [2.75, 3.05) is 0 Å². The minimum absolute atomic E-state index is 0. The Morgan fingerprint density at radius 2 is 1.53 bits per heavy atom. The highest BCUT2D eigenvalue weighted by molar-refractivity contribution is 5.79. The maximum atomic E-state index is 2.18. The molecule has 1 aromatic rings. The van der Waals surface area contributed by atoms with Gasteiger partial charge in [0.1, 0.15) is 0 Å². The number of hydrogen-bond donors (Lipinski definition) is 0. The molecule has 0 spiro atoms. The second-order valence-electron chi connectivity index (χ2n) is 3.49. The molecule has 0 N–H and O–H groups in total. The van der Waals surface area contributed by atoms with Crippen LogP contribution >= 0.6 is 0 Å². The Balaban J connectivity index is 0. The summed E-state index contributed by atoms with van der Waals surface area (Å²) in [5.41, 5.74) is 5.35. The van der Waals surface area contributed by atoms with Crippen LogP contribution in [0.5, 0.6) is 0 Å². The number of rotatable bonds is 2. The van der Waals surface area contributed by atoms with Crippen molar-refractivity contribution in [2.45, 2.75) is 49.0 Å². The third kappa shape index (κ3) is 5.04. The van der Waals surface area contributed by atoms with Crippen molar-refractivity contribution in [1.29, 1.82) is 0 Å². The number of aryl methyl sites for hydroxylation is 1. The van der Waals surface area contributed by atoms with Crippen molar-refractivity contribution in [3.8, 4) is 0 Å². The second kappa shape index (κ2) is 9.89. The fraction of sp³-hybridized carbons (Fsp3) is 0.412. The lowest BCUT2D eigenvalue weighted by Crippen LogP contribution is -1.89. The molecule has 0 unspecified atom stereocenters. The fourth-order valence-corrected chi connectivity index (χ4v) is 1.63. The molecule has 1 rings (SSSR count). The molecule has 17 heavy (non-hydrogen) atoms. The minimum Gasteiger partial charge on any atom is -0.0841 e. The molecular formula is C17H28. The number of hydrogen-bond acceptors (Lipinski definition) is 0. The van der Waals surface area contributed by atoms with E-state index in [4.69, 9.17) is 0 Å². The van der Waals surface area contributed by atoms with E-state index in [2.05, 4.69) is 64.1 Å². The molecule has 0 bridgehead atoms. The molecule has 1 aromatic carbocycles. The summed E-state index contributed by atoms with van der Waals surface area (Å²) in [6.07, 6.45) is 4.33. The molecule has 0 atom stereocenters. The largest absolute Gasteiger partial charge is 0.0841 e. The second-order valence-corrected chi connectivity index (χ2v) is 3.49. The van der Waals surface area contributed by atoms with Gasteiger partial charge in [-0.15, -0.1) is 0 Å². The molecule has 0 aliphatic rings. The van der Waals surface area contributed by atoms with E-state index in [1.54, 1.807) is 0 Å². The van der Waals surface area contributed by atoms with Crippen molar-refractivity contribution >= 4 is 5.57 Å². The fourth-order valence-electron chi connectivity index (χ4n) is 1.63. The van der Waals surface area contributed by atoms with Gasteiger partial charge in [-0.05, 0) is 50.0 Å². The van der Waals surface area contributed by atoms with Crippen molar-refractivity contribution in [2.24, 2.45) is 0 Å². The van der Waals surface area contributed by atoms with E-state index in [-0.39, 0.29) is 7.43 Å². The standard InChI is InChI=1S/C14H18.C2H6.CH4/c1-5-11(3)13(6-2)14-10-8-7-9-12(14)4;1-2;/h5-10H,1-4H3;1-2H3;1H4/b11-5-,13-6+;;. The van der Waals surface area contributed by atoms with Crippen LogP contribution in [0.3, 0.4) is 0 Å². The predicted molar refractivity (Wildman–Crippen MR) is 82.3 cm³/mol. The average molecular weight is 232 g/mol. The first kappa shape index (κ1) is 18.1. The van der Waals surface area contributed by atoms with Crippen LogP contribution < -0.4 is 0 Å². The maximum Gasteiger partial charge on any atom is -0.0155 e. The highest BCUT2D eigenvalue weighted by Gasteiger charge is 2.03. The van der Waals surface area contributed by atoms with Gasteiger partial charge < -0.3 is 0 Å². The van der Waals surface area contributed by atoms with Gasteiger partial charge in [0.15, 0.2) is 0 Å². The predicted octanol–water partition coefficient (Wildman–Crippen LogP) is 6.03. The average Bonchev–Trinajstić information content (AvgIpc) is 2.34. The van der Waals surface area contributed by atoms with Crippen LogP contribution in [0, 0.1) is 6.92 Å². The van der Waals surface area contributed by atoms with Gasteiger partial charge in [0.25, 0.3) is 0 Å². The molecule has 0 heterocycles. The summed E-state index contributed by atoms with van der Waals surface area (Å²) >= 11 is 0. The summed E-state index contributed by atoms with van der Waals surface area (Å²) in [5.74, 6) is 0. The molecule has 0 amide bonds. The quantitative estimate of drug-likeness (QED) is 0.546. The Labute approximate surface area is 108 Å². The van der Waals surface area contributed by atoms with E-state index < -0.39 is 0 Å². The lowest BCUT2D eigenvalue weighted by Gasteiger charge is -2.10. The normalized spacial score (nSPS) is 11.2. The van der Waals surface area contributed by atoms with Crippen LogP contribution in [0.2, 0.25) is 0 Å². The molecule has 0 aliphatic carbocycles. The summed E-state index contributed by atoms with van der Waals surface area (Å²) < 4.78 is 0. The number of benzene rings is 1. The van der Waals surface area contributed by atoms with Crippen molar-refractivity contribution in [1.82, 2.24) is 0 Å². The molecule has 0 saturated heterocycles. The highest BCUT2D eigenvalue weighted by atomic mass is 14.1. The topological polar surface area (TPSA) is 0 Å². The minimum atomic E-state index is 0. The van der Waals surface area contributed by atoms with Crippen LogP contribution in [-0.4, -0.2) is 0 Å². The molecule has 0 radical (unpaired) electrons. The SMILES string of the molecule is C.C/C=C(C)\C(=C/C)c1ccccc1C.CC. The monoisotopic (exact) mass is 232 g/mol. The Morgan fingerprint density at radius 1 is 1.00 bits per heavy atom. The zero-order valence-corrected chi connectivity index (χ0v) is 11.5. The summed E-state index contributed by atoms with van der Waals surface area (Å²) in [4.78, 5) is 0. The molecule has 0 aliphatic heterocycles. The zero-order chi connectivity index (χ0) is 12.6. The molecule has 0 saturated carbocycles. The van der Waals surface area contributed by atoms with Crippen LogP contribution in [0.25, 0.3) is 5.57 Å². The first-order valence-corrected chi connectivity index (χ1v) is 6.06. The summed E-state index contributed by atoms with van der Waals surface area (Å²) in [7, 11) is 0. The first-order chi connectivity index (χ1) is 7.70. The van der Waals surface area contributed by atoms with Crippen molar-refractivity contribution < 1.29 is 0 Å². The molecule has 0 fully saturated rings. The molecule has 96 valence electrons. The Morgan fingerprint density at radius 3 is 1.94 bits per heavy atom. The molecular weight excluding hydrogens is 204 g/mol. The molecule has 0 heteroatoms. The van der Waals surface area contributed by atoms with E-state index in [1.165, 1.54) is 22.3 Å². The van der Waals surface area contributed by atoms with Gasteiger partial charge in [0.2, 0.25) is 0 Å². The van der Waals surface area contributed by atoms with E-state index >= 15 is 0 Å². The van der Waals surface area contributed by atoms with Gasteiger partial charge in [-0.2, -0.15) is 0 Å². The smallest absolute Gasteiger partial charge is 0.0155 e. The van der Waals surface area contributed by atoms with Crippen molar-refractivity contribution in [3.63, 3.8) is 0 Å². The Hall–Kier alpha value is -1.30. The van der Waals surface area contributed by atoms with Gasteiger partial charge >= 0.3 is 0 Å². The summed E-state index contributed by atoms with van der Waals surface area (Å²) in [5, 5.41) is 0. The first-order valence-electron chi connectivity index (χ1n) is 6.06. The third-order valence-corrected chi connectivity index (χ3v) is 2.58. The van der Waals surface area contributed by atoms with Crippen LogP contribution in [0.15, 0.2) is 42.0 Å². The van der Waals surface area contributed by atoms with Gasteiger partial charge in [-0.3, -0.25) is 0 Å². The van der Waals surface area contributed by atoms with Crippen LogP contribution in [0.1, 0.15) is 53.2 Å². The van der Waals surface area contributed by atoms with Gasteiger partial charge in [-0.25, -0.2) is 0 Å². The van der Waals surface area contributed by atoms with Crippen molar-refractivity contribution in [3.05, 3.63) is 53.1 Å². The third-order valence-electron chi connectivity index (χ3n) is 2.58. The molecule has 0 aromatic heterocycles. The summed E-state index contributed by atoms with van der Waals surface area (Å²) in [6, 6.07) is 8.51. The van der Waals surface area contributed by atoms with E-state index in [0.29, 0.717) is 0 Å². The van der Waals surface area contributed by atoms with Gasteiger partial charge in [0, 0.05) is 0 Å².